The molecule has 0 fully saturated rings. The number of thiazole rings is 1. The molecule has 1 heterocycles. The van der Waals surface area contributed by atoms with E-state index in [9.17, 15) is 9.59 Å². The minimum Gasteiger partial charge on any atom is -0.457 e. The number of hydrogen-bond donors (Lipinski definition) is 1. The van der Waals surface area contributed by atoms with Gasteiger partial charge in [-0.05, 0) is 42.5 Å². The lowest BCUT2D eigenvalue weighted by atomic mass is 10.2. The van der Waals surface area contributed by atoms with Gasteiger partial charge in [0.2, 0.25) is 5.91 Å². The summed E-state index contributed by atoms with van der Waals surface area (Å²) in [6.07, 6.45) is 5.56. The summed E-state index contributed by atoms with van der Waals surface area (Å²) in [5, 5.41) is 2.76. The van der Waals surface area contributed by atoms with E-state index in [4.69, 9.17) is 11.2 Å². The fraction of sp³-hybridized carbons (Fsp3) is 0.0800. The SMILES string of the molecule is C#CCn1c(=NC(=O)c2ccccc2Oc2ccccc2)sc2cc(NC(C)=O)ccc21. The Morgan fingerprint density at radius 2 is 1.84 bits per heavy atom. The monoisotopic (exact) mass is 441 g/mol. The molecule has 0 saturated carbocycles. The summed E-state index contributed by atoms with van der Waals surface area (Å²) in [5.74, 6) is 3.07. The Kier molecular flexibility index (Phi) is 6.15. The van der Waals surface area contributed by atoms with Gasteiger partial charge in [-0.2, -0.15) is 4.99 Å². The lowest BCUT2D eigenvalue weighted by Crippen LogP contribution is -2.16. The number of ether oxygens (including phenoxy) is 1. The molecule has 0 aliphatic rings. The average Bonchev–Trinajstić information content (AvgIpc) is 3.11. The molecule has 0 bridgehead atoms. The maximum atomic E-state index is 13.1. The van der Waals surface area contributed by atoms with Gasteiger partial charge in [-0.1, -0.05) is 47.6 Å². The van der Waals surface area contributed by atoms with Crippen molar-refractivity contribution in [2.45, 2.75) is 13.5 Å². The van der Waals surface area contributed by atoms with E-state index in [-0.39, 0.29) is 12.5 Å². The highest BCUT2D eigenvalue weighted by atomic mass is 32.1. The van der Waals surface area contributed by atoms with Crippen LogP contribution in [0.5, 0.6) is 11.5 Å². The van der Waals surface area contributed by atoms with Crippen LogP contribution in [0.15, 0.2) is 77.8 Å². The third-order valence-corrected chi connectivity index (χ3v) is 5.58. The highest BCUT2D eigenvalue weighted by molar-refractivity contribution is 7.16. The van der Waals surface area contributed by atoms with Crippen molar-refractivity contribution in [2.75, 3.05) is 5.32 Å². The second-order valence-corrected chi connectivity index (χ2v) is 7.88. The van der Waals surface area contributed by atoms with Gasteiger partial charge >= 0.3 is 0 Å². The molecule has 0 spiro atoms. The van der Waals surface area contributed by atoms with E-state index in [1.54, 1.807) is 34.9 Å². The predicted octanol–water partition coefficient (Wildman–Crippen LogP) is 4.83. The first-order valence-corrected chi connectivity index (χ1v) is 10.6. The number of nitrogens with zero attached hydrogens (tertiary/aromatic N) is 2. The van der Waals surface area contributed by atoms with Gasteiger partial charge in [0.05, 0.1) is 22.3 Å². The molecule has 2 amide bonds. The van der Waals surface area contributed by atoms with Crippen LogP contribution in [0.3, 0.4) is 0 Å². The molecule has 1 N–H and O–H groups in total. The Balaban J connectivity index is 1.76. The zero-order chi connectivity index (χ0) is 22.5. The quantitative estimate of drug-likeness (QED) is 0.451. The van der Waals surface area contributed by atoms with Crippen molar-refractivity contribution >= 4 is 39.1 Å². The van der Waals surface area contributed by atoms with Crippen LogP contribution >= 0.6 is 11.3 Å². The molecule has 1 aromatic heterocycles. The van der Waals surface area contributed by atoms with E-state index in [0.29, 0.717) is 27.6 Å². The summed E-state index contributed by atoms with van der Waals surface area (Å²) in [4.78, 5) is 29.3. The van der Waals surface area contributed by atoms with Crippen LogP contribution in [0.1, 0.15) is 17.3 Å². The molecule has 32 heavy (non-hydrogen) atoms. The van der Waals surface area contributed by atoms with Gasteiger partial charge in [0, 0.05) is 12.6 Å². The normalized spacial score (nSPS) is 11.2. The highest BCUT2D eigenvalue weighted by Gasteiger charge is 2.14. The van der Waals surface area contributed by atoms with Crippen molar-refractivity contribution in [3.05, 3.63) is 83.2 Å². The largest absolute Gasteiger partial charge is 0.457 e. The van der Waals surface area contributed by atoms with Gasteiger partial charge in [-0.3, -0.25) is 9.59 Å². The van der Waals surface area contributed by atoms with Crippen LogP contribution in [0, 0.1) is 12.3 Å². The van der Waals surface area contributed by atoms with Gasteiger partial charge in [0.1, 0.15) is 11.5 Å². The van der Waals surface area contributed by atoms with Crippen molar-refractivity contribution in [3.63, 3.8) is 0 Å². The van der Waals surface area contributed by atoms with Gasteiger partial charge in [-0.25, -0.2) is 0 Å². The van der Waals surface area contributed by atoms with Gasteiger partial charge in [0.15, 0.2) is 4.80 Å². The van der Waals surface area contributed by atoms with Gasteiger partial charge in [-0.15, -0.1) is 6.42 Å². The Bertz CT molecular complexity index is 1410. The topological polar surface area (TPSA) is 72.7 Å². The Morgan fingerprint density at radius 3 is 2.59 bits per heavy atom. The zero-order valence-corrected chi connectivity index (χ0v) is 18.1. The van der Waals surface area contributed by atoms with Crippen LogP contribution in [0.2, 0.25) is 0 Å². The number of benzene rings is 3. The van der Waals surface area contributed by atoms with Crippen LogP contribution in [-0.2, 0) is 11.3 Å². The number of terminal acetylenes is 1. The average molecular weight is 442 g/mol. The van der Waals surface area contributed by atoms with Crippen molar-refractivity contribution in [3.8, 4) is 23.8 Å². The molecule has 0 saturated heterocycles. The van der Waals surface area contributed by atoms with Crippen LogP contribution in [0.25, 0.3) is 10.2 Å². The van der Waals surface area contributed by atoms with Crippen molar-refractivity contribution in [1.29, 1.82) is 0 Å². The Morgan fingerprint density at radius 1 is 1.09 bits per heavy atom. The number of hydrogen-bond acceptors (Lipinski definition) is 4. The molecule has 0 radical (unpaired) electrons. The molecule has 6 nitrogen and oxygen atoms in total. The first-order chi connectivity index (χ1) is 15.5. The number of para-hydroxylation sites is 2. The van der Waals surface area contributed by atoms with E-state index in [0.717, 1.165) is 10.2 Å². The molecule has 4 aromatic rings. The van der Waals surface area contributed by atoms with Crippen molar-refractivity contribution in [1.82, 2.24) is 4.57 Å². The fourth-order valence-electron chi connectivity index (χ4n) is 3.18. The van der Waals surface area contributed by atoms with E-state index < -0.39 is 5.91 Å². The second kappa shape index (κ2) is 9.33. The van der Waals surface area contributed by atoms with Crippen LogP contribution in [0.4, 0.5) is 5.69 Å². The molecule has 4 rings (SSSR count). The fourth-order valence-corrected chi connectivity index (χ4v) is 4.25. The number of rotatable bonds is 5. The second-order valence-electron chi connectivity index (χ2n) is 6.87. The van der Waals surface area contributed by atoms with Crippen LogP contribution < -0.4 is 14.9 Å². The molecule has 3 aromatic carbocycles. The smallest absolute Gasteiger partial charge is 0.283 e. The zero-order valence-electron chi connectivity index (χ0n) is 17.2. The summed E-state index contributed by atoms with van der Waals surface area (Å²) in [5.41, 5.74) is 1.85. The molecule has 158 valence electrons. The third kappa shape index (κ3) is 4.61. The minimum absolute atomic E-state index is 0.160. The standard InChI is InChI=1S/C25H19N3O3S/c1-3-15-28-21-14-13-18(26-17(2)29)16-23(21)32-25(28)27-24(30)20-11-7-8-12-22(20)31-19-9-5-4-6-10-19/h1,4-14,16H,15H2,2H3,(H,26,29). The van der Waals surface area contributed by atoms with E-state index in [1.165, 1.54) is 18.3 Å². The number of amides is 2. The first-order valence-electron chi connectivity index (χ1n) is 9.80. The van der Waals surface area contributed by atoms with Crippen LogP contribution in [-0.4, -0.2) is 16.4 Å². The third-order valence-electron chi connectivity index (χ3n) is 4.54. The predicted molar refractivity (Wildman–Crippen MR) is 126 cm³/mol. The summed E-state index contributed by atoms with van der Waals surface area (Å²) >= 11 is 1.33. The van der Waals surface area contributed by atoms with Gasteiger partial charge < -0.3 is 14.6 Å². The molecule has 0 atom stereocenters. The number of aromatic nitrogens is 1. The summed E-state index contributed by atoms with van der Waals surface area (Å²) in [6.45, 7) is 1.71. The lowest BCUT2D eigenvalue weighted by molar-refractivity contribution is -0.114. The molecule has 0 aliphatic carbocycles. The van der Waals surface area contributed by atoms with E-state index >= 15 is 0 Å². The lowest BCUT2D eigenvalue weighted by Gasteiger charge is -2.08. The van der Waals surface area contributed by atoms with E-state index in [2.05, 4.69) is 16.2 Å². The molecule has 7 heteroatoms. The minimum atomic E-state index is -0.434. The Labute approximate surface area is 188 Å². The Hall–Kier alpha value is -4.15. The first kappa shape index (κ1) is 21.1. The number of carbonyl (C=O) groups is 2. The maximum Gasteiger partial charge on any atom is 0.283 e. The van der Waals surface area contributed by atoms with Crippen molar-refractivity contribution in [2.24, 2.45) is 4.99 Å². The summed E-state index contributed by atoms with van der Waals surface area (Å²) < 4.78 is 8.56. The summed E-state index contributed by atoms with van der Waals surface area (Å²) in [6, 6.07) is 21.7. The van der Waals surface area contributed by atoms with E-state index in [1.807, 2.05) is 42.5 Å². The molecule has 0 unspecified atom stereocenters. The number of carbonyl (C=O) groups excluding carboxylic acids is 2. The summed E-state index contributed by atoms with van der Waals surface area (Å²) in [7, 11) is 0. The number of fused-ring (bicyclic) bond motifs is 1. The van der Waals surface area contributed by atoms with Crippen molar-refractivity contribution < 1.29 is 14.3 Å². The maximum absolute atomic E-state index is 13.1. The highest BCUT2D eigenvalue weighted by Crippen LogP contribution is 2.26. The van der Waals surface area contributed by atoms with Gasteiger partial charge in [0.25, 0.3) is 5.91 Å². The molecular weight excluding hydrogens is 422 g/mol. The number of anilines is 1. The number of nitrogens with one attached hydrogen (secondary N) is 1. The molecule has 0 aliphatic heterocycles. The molecular formula is C25H19N3O3S.